The van der Waals surface area contributed by atoms with Gasteiger partial charge in [0.05, 0.1) is 5.69 Å². The molecule has 1 saturated carbocycles. The Morgan fingerprint density at radius 2 is 1.80 bits per heavy atom. The van der Waals surface area contributed by atoms with E-state index >= 15 is 0 Å². The van der Waals surface area contributed by atoms with E-state index in [1.807, 2.05) is 39.9 Å². The van der Waals surface area contributed by atoms with Crippen LogP contribution in [0.15, 0.2) is 34.7 Å². The molecule has 0 radical (unpaired) electrons. The van der Waals surface area contributed by atoms with Crippen LogP contribution in [0, 0.1) is 6.92 Å². The molecule has 7 heteroatoms. The Hall–Kier alpha value is -2.96. The average Bonchev–Trinajstić information content (AvgIpc) is 3.33. The van der Waals surface area contributed by atoms with Crippen LogP contribution in [0.25, 0.3) is 17.3 Å². The number of hydrogen-bond donors (Lipinski definition) is 0. The Kier molecular flexibility index (Phi) is 5.11. The first kappa shape index (κ1) is 19.0. The Balaban J connectivity index is 1.46. The van der Waals surface area contributed by atoms with Gasteiger partial charge in [-0.3, -0.25) is 4.79 Å². The van der Waals surface area contributed by atoms with Crippen molar-refractivity contribution in [2.45, 2.75) is 57.8 Å². The van der Waals surface area contributed by atoms with Gasteiger partial charge in [-0.25, -0.2) is 4.68 Å². The Labute approximate surface area is 176 Å². The topological polar surface area (TPSA) is 77.1 Å². The van der Waals surface area contributed by atoms with Gasteiger partial charge in [-0.05, 0) is 49.9 Å². The summed E-state index contributed by atoms with van der Waals surface area (Å²) < 4.78 is 7.52. The van der Waals surface area contributed by atoms with Crippen molar-refractivity contribution in [3.63, 3.8) is 0 Å². The van der Waals surface area contributed by atoms with Crippen molar-refractivity contribution in [3.8, 4) is 17.3 Å². The second kappa shape index (κ2) is 8.05. The fourth-order valence-electron chi connectivity index (χ4n) is 4.18. The Morgan fingerprint density at radius 1 is 1.03 bits per heavy atom. The van der Waals surface area contributed by atoms with Crippen molar-refractivity contribution in [1.29, 1.82) is 0 Å². The quantitative estimate of drug-likeness (QED) is 0.638. The van der Waals surface area contributed by atoms with Gasteiger partial charge in [0.2, 0.25) is 5.89 Å². The first-order valence-corrected chi connectivity index (χ1v) is 11.0. The van der Waals surface area contributed by atoms with Crippen molar-refractivity contribution in [3.05, 3.63) is 47.5 Å². The number of rotatable bonds is 4. The highest BCUT2D eigenvalue weighted by Gasteiger charge is 2.30. The van der Waals surface area contributed by atoms with E-state index in [2.05, 4.69) is 10.2 Å². The highest BCUT2D eigenvalue weighted by Crippen LogP contribution is 2.42. The molecule has 5 rings (SSSR count). The van der Waals surface area contributed by atoms with E-state index in [0.29, 0.717) is 23.4 Å². The van der Waals surface area contributed by atoms with Crippen molar-refractivity contribution in [2.75, 3.05) is 13.1 Å². The fourth-order valence-corrected chi connectivity index (χ4v) is 4.18. The molecule has 0 spiro atoms. The maximum atomic E-state index is 13.2. The Morgan fingerprint density at radius 3 is 2.50 bits per heavy atom. The molecule has 1 amide bonds. The first-order valence-electron chi connectivity index (χ1n) is 11.0. The van der Waals surface area contributed by atoms with Gasteiger partial charge in [-0.2, -0.15) is 5.10 Å². The summed E-state index contributed by atoms with van der Waals surface area (Å²) in [5.74, 6) is 1.56. The van der Waals surface area contributed by atoms with Gasteiger partial charge < -0.3 is 9.32 Å². The van der Waals surface area contributed by atoms with Crippen LogP contribution in [0.3, 0.4) is 0 Å². The number of nitrogens with zero attached hydrogens (tertiary/aromatic N) is 5. The maximum absolute atomic E-state index is 13.2. The van der Waals surface area contributed by atoms with Crippen molar-refractivity contribution in [1.82, 2.24) is 24.9 Å². The summed E-state index contributed by atoms with van der Waals surface area (Å²) in [6.45, 7) is 3.47. The average molecular weight is 406 g/mol. The van der Waals surface area contributed by atoms with Crippen molar-refractivity contribution >= 4 is 5.91 Å². The number of aryl methyl sites for hydroxylation is 1. The predicted molar refractivity (Wildman–Crippen MR) is 113 cm³/mol. The molecule has 1 aliphatic heterocycles. The third-order valence-electron chi connectivity index (χ3n) is 5.96. The van der Waals surface area contributed by atoms with Gasteiger partial charge in [0.15, 0.2) is 0 Å². The van der Waals surface area contributed by atoms with Gasteiger partial charge >= 0.3 is 0 Å². The molecule has 0 N–H and O–H groups in total. The molecule has 7 nitrogen and oxygen atoms in total. The monoisotopic (exact) mass is 405 g/mol. The molecule has 30 heavy (non-hydrogen) atoms. The summed E-state index contributed by atoms with van der Waals surface area (Å²) in [5.41, 5.74) is 3.44. The van der Waals surface area contributed by atoms with Gasteiger partial charge in [0.1, 0.15) is 5.69 Å². The van der Waals surface area contributed by atoms with Gasteiger partial charge in [-0.1, -0.05) is 25.3 Å². The second-order valence-electron chi connectivity index (χ2n) is 8.38. The maximum Gasteiger partial charge on any atom is 0.268 e. The third-order valence-corrected chi connectivity index (χ3v) is 5.96. The standard InChI is InChI=1S/C23H27N5O2/c1-16-24-25-22(30-16)20-15-21(17-10-11-17)28(26-20)19-9-7-8-18(14-19)23(29)27-12-5-3-2-4-6-13-27/h7-9,14-15,17H,2-6,10-13H2,1H3. The van der Waals surface area contributed by atoms with E-state index in [9.17, 15) is 4.79 Å². The van der Waals surface area contributed by atoms with E-state index in [1.165, 1.54) is 19.3 Å². The molecule has 1 saturated heterocycles. The van der Waals surface area contributed by atoms with E-state index in [4.69, 9.17) is 9.52 Å². The molecule has 3 aromatic rings. The lowest BCUT2D eigenvalue weighted by Gasteiger charge is -2.25. The normalized spacial score (nSPS) is 17.6. The lowest BCUT2D eigenvalue weighted by molar-refractivity contribution is 0.0742. The molecule has 2 aromatic heterocycles. The van der Waals surface area contributed by atoms with E-state index in [-0.39, 0.29) is 5.91 Å². The molecule has 3 heterocycles. The lowest BCUT2D eigenvalue weighted by Crippen LogP contribution is -2.33. The number of amides is 1. The van der Waals surface area contributed by atoms with Crippen molar-refractivity contribution < 1.29 is 9.21 Å². The van der Waals surface area contributed by atoms with Crippen LogP contribution in [0.2, 0.25) is 0 Å². The van der Waals surface area contributed by atoms with E-state index < -0.39 is 0 Å². The summed E-state index contributed by atoms with van der Waals surface area (Å²) in [6, 6.07) is 9.86. The van der Waals surface area contributed by atoms with Crippen LogP contribution in [0.4, 0.5) is 0 Å². The largest absolute Gasteiger partial charge is 0.420 e. The minimum Gasteiger partial charge on any atom is -0.420 e. The second-order valence-corrected chi connectivity index (χ2v) is 8.38. The van der Waals surface area contributed by atoms with Gasteiger partial charge in [-0.15, -0.1) is 10.2 Å². The number of likely N-dealkylation sites (tertiary alicyclic amines) is 1. The molecular weight excluding hydrogens is 378 g/mol. The number of aromatic nitrogens is 4. The third kappa shape index (κ3) is 3.88. The molecule has 2 fully saturated rings. The lowest BCUT2D eigenvalue weighted by atomic mass is 10.1. The fraction of sp³-hybridized carbons (Fsp3) is 0.478. The smallest absolute Gasteiger partial charge is 0.268 e. The predicted octanol–water partition coefficient (Wildman–Crippen LogP) is 4.51. The van der Waals surface area contributed by atoms with Crippen LogP contribution >= 0.6 is 0 Å². The molecule has 0 unspecified atom stereocenters. The molecule has 2 aliphatic rings. The Bertz CT molecular complexity index is 1040. The summed E-state index contributed by atoms with van der Waals surface area (Å²) in [6.07, 6.45) is 8.18. The van der Waals surface area contributed by atoms with Crippen LogP contribution in [0.5, 0.6) is 0 Å². The van der Waals surface area contributed by atoms with Crippen LogP contribution in [-0.4, -0.2) is 43.9 Å². The molecule has 1 aliphatic carbocycles. The molecular formula is C23H27N5O2. The summed E-state index contributed by atoms with van der Waals surface area (Å²) in [4.78, 5) is 15.2. The molecule has 0 atom stereocenters. The van der Waals surface area contributed by atoms with Crippen LogP contribution in [-0.2, 0) is 0 Å². The minimum absolute atomic E-state index is 0.117. The SMILES string of the molecule is Cc1nnc(-c2cc(C3CC3)n(-c3cccc(C(=O)N4CCCCCCC4)c3)n2)o1. The van der Waals surface area contributed by atoms with Crippen LogP contribution < -0.4 is 0 Å². The molecule has 1 aromatic carbocycles. The summed E-state index contributed by atoms with van der Waals surface area (Å²) in [5, 5.41) is 12.8. The number of carbonyl (C=O) groups excluding carboxylic acids is 1. The van der Waals surface area contributed by atoms with E-state index in [1.54, 1.807) is 6.92 Å². The highest BCUT2D eigenvalue weighted by atomic mass is 16.4. The van der Waals surface area contributed by atoms with Crippen LogP contribution in [0.1, 0.15) is 72.8 Å². The van der Waals surface area contributed by atoms with Gasteiger partial charge in [0, 0.05) is 37.2 Å². The van der Waals surface area contributed by atoms with Crippen molar-refractivity contribution in [2.24, 2.45) is 0 Å². The molecule has 156 valence electrons. The first-order chi connectivity index (χ1) is 14.7. The zero-order valence-corrected chi connectivity index (χ0v) is 17.4. The zero-order chi connectivity index (χ0) is 20.5. The summed E-state index contributed by atoms with van der Waals surface area (Å²) >= 11 is 0. The van der Waals surface area contributed by atoms with Gasteiger partial charge in [0.25, 0.3) is 11.8 Å². The minimum atomic E-state index is 0.117. The van der Waals surface area contributed by atoms with E-state index in [0.717, 1.165) is 55.7 Å². The molecule has 0 bridgehead atoms. The summed E-state index contributed by atoms with van der Waals surface area (Å²) in [7, 11) is 0. The highest BCUT2D eigenvalue weighted by molar-refractivity contribution is 5.94. The number of carbonyl (C=O) groups is 1. The number of hydrogen-bond acceptors (Lipinski definition) is 5. The zero-order valence-electron chi connectivity index (χ0n) is 17.4. The number of benzene rings is 1.